The molecule has 0 radical (unpaired) electrons. The Bertz CT molecular complexity index is 243. The maximum atomic E-state index is 6.00. The Labute approximate surface area is 104 Å². The van der Waals surface area contributed by atoms with Gasteiger partial charge in [-0.2, -0.15) is 0 Å². The standard InChI is InChI=1S/C12H26N4O/c1-11(2)15-4-3-12(9-13,10-15)14-16-5-7-17-8-6-16/h11,14H,3-10,13H2,1-2H3. The molecule has 5 heteroatoms. The van der Waals surface area contributed by atoms with Crippen LogP contribution in [0.1, 0.15) is 20.3 Å². The molecule has 2 rings (SSSR count). The number of hydrazine groups is 1. The van der Waals surface area contributed by atoms with Crippen LogP contribution in [-0.4, -0.2) is 67.4 Å². The fourth-order valence-corrected chi connectivity index (χ4v) is 2.66. The molecule has 17 heavy (non-hydrogen) atoms. The van der Waals surface area contributed by atoms with E-state index in [-0.39, 0.29) is 5.54 Å². The zero-order chi connectivity index (χ0) is 12.3. The van der Waals surface area contributed by atoms with Gasteiger partial charge in [-0.1, -0.05) is 0 Å². The Balaban J connectivity index is 1.91. The lowest BCUT2D eigenvalue weighted by Gasteiger charge is -2.38. The second-order valence-electron chi connectivity index (χ2n) is 5.51. The number of hydrogen-bond acceptors (Lipinski definition) is 5. The van der Waals surface area contributed by atoms with Gasteiger partial charge in [0.05, 0.1) is 18.8 Å². The summed E-state index contributed by atoms with van der Waals surface area (Å²) in [5.74, 6) is 0. The molecule has 3 N–H and O–H groups in total. The highest BCUT2D eigenvalue weighted by Crippen LogP contribution is 2.22. The smallest absolute Gasteiger partial charge is 0.0608 e. The third-order valence-corrected chi connectivity index (χ3v) is 3.91. The van der Waals surface area contributed by atoms with Crippen molar-refractivity contribution >= 4 is 0 Å². The fraction of sp³-hybridized carbons (Fsp3) is 1.00. The Morgan fingerprint density at radius 3 is 2.53 bits per heavy atom. The van der Waals surface area contributed by atoms with Gasteiger partial charge in [-0.15, -0.1) is 0 Å². The van der Waals surface area contributed by atoms with Crippen molar-refractivity contribution in [1.29, 1.82) is 0 Å². The largest absolute Gasteiger partial charge is 0.379 e. The quantitative estimate of drug-likeness (QED) is 0.705. The number of nitrogens with one attached hydrogen (secondary N) is 1. The SMILES string of the molecule is CC(C)N1CCC(CN)(NN2CCOCC2)C1. The van der Waals surface area contributed by atoms with Gasteiger partial charge in [0.2, 0.25) is 0 Å². The zero-order valence-corrected chi connectivity index (χ0v) is 11.1. The molecule has 2 aliphatic rings. The van der Waals surface area contributed by atoms with Crippen LogP contribution < -0.4 is 11.2 Å². The van der Waals surface area contributed by atoms with E-state index in [0.717, 1.165) is 45.8 Å². The lowest BCUT2D eigenvalue weighted by molar-refractivity contribution is -0.0106. The monoisotopic (exact) mass is 242 g/mol. The summed E-state index contributed by atoms with van der Waals surface area (Å²) in [6.45, 7) is 11.0. The van der Waals surface area contributed by atoms with Crippen molar-refractivity contribution in [2.45, 2.75) is 31.8 Å². The van der Waals surface area contributed by atoms with E-state index in [2.05, 4.69) is 29.2 Å². The highest BCUT2D eigenvalue weighted by molar-refractivity contribution is 4.98. The number of nitrogens with zero attached hydrogens (tertiary/aromatic N) is 2. The lowest BCUT2D eigenvalue weighted by Crippen LogP contribution is -2.62. The lowest BCUT2D eigenvalue weighted by atomic mass is 10.00. The van der Waals surface area contributed by atoms with Gasteiger partial charge < -0.3 is 10.5 Å². The second kappa shape index (κ2) is 5.63. The molecule has 5 nitrogen and oxygen atoms in total. The highest BCUT2D eigenvalue weighted by Gasteiger charge is 2.39. The van der Waals surface area contributed by atoms with Crippen molar-refractivity contribution in [3.8, 4) is 0 Å². The molecule has 2 aliphatic heterocycles. The van der Waals surface area contributed by atoms with Crippen molar-refractivity contribution in [2.75, 3.05) is 45.9 Å². The number of ether oxygens (including phenoxy) is 1. The normalized spacial score (nSPS) is 32.5. The van der Waals surface area contributed by atoms with E-state index in [9.17, 15) is 0 Å². The van der Waals surface area contributed by atoms with E-state index in [0.29, 0.717) is 12.6 Å². The summed E-state index contributed by atoms with van der Waals surface area (Å²) in [6, 6.07) is 0.606. The van der Waals surface area contributed by atoms with Gasteiger partial charge in [0.15, 0.2) is 0 Å². The van der Waals surface area contributed by atoms with Gasteiger partial charge in [0, 0.05) is 38.8 Å². The molecule has 0 aromatic rings. The summed E-state index contributed by atoms with van der Waals surface area (Å²) in [5, 5.41) is 2.28. The molecule has 1 unspecified atom stereocenters. The molecule has 100 valence electrons. The third-order valence-electron chi connectivity index (χ3n) is 3.91. The fourth-order valence-electron chi connectivity index (χ4n) is 2.66. The summed E-state index contributed by atoms with van der Waals surface area (Å²) in [5.41, 5.74) is 9.72. The van der Waals surface area contributed by atoms with Crippen LogP contribution in [0.25, 0.3) is 0 Å². The number of likely N-dealkylation sites (tertiary alicyclic amines) is 1. The minimum Gasteiger partial charge on any atom is -0.379 e. The second-order valence-corrected chi connectivity index (χ2v) is 5.51. The topological polar surface area (TPSA) is 53.8 Å². The molecule has 0 aromatic heterocycles. The summed E-state index contributed by atoms with van der Waals surface area (Å²) in [7, 11) is 0. The molecular formula is C12H26N4O. The number of morpholine rings is 1. The van der Waals surface area contributed by atoms with Crippen LogP contribution in [0.2, 0.25) is 0 Å². The third kappa shape index (κ3) is 3.17. The van der Waals surface area contributed by atoms with Crippen molar-refractivity contribution in [1.82, 2.24) is 15.3 Å². The Morgan fingerprint density at radius 1 is 1.29 bits per heavy atom. The molecule has 0 amide bonds. The molecule has 0 aromatic carbocycles. The summed E-state index contributed by atoms with van der Waals surface area (Å²) < 4.78 is 5.37. The average molecular weight is 242 g/mol. The van der Waals surface area contributed by atoms with Crippen molar-refractivity contribution in [2.24, 2.45) is 5.73 Å². The van der Waals surface area contributed by atoms with E-state index in [1.165, 1.54) is 0 Å². The Morgan fingerprint density at radius 2 is 2.00 bits per heavy atom. The zero-order valence-electron chi connectivity index (χ0n) is 11.1. The van der Waals surface area contributed by atoms with Gasteiger partial charge in [-0.25, -0.2) is 10.4 Å². The van der Waals surface area contributed by atoms with Crippen LogP contribution in [0, 0.1) is 0 Å². The van der Waals surface area contributed by atoms with Crippen molar-refractivity contribution in [3.63, 3.8) is 0 Å². The van der Waals surface area contributed by atoms with Gasteiger partial charge in [0.1, 0.15) is 0 Å². The van der Waals surface area contributed by atoms with Crippen molar-refractivity contribution < 1.29 is 4.74 Å². The molecule has 0 saturated carbocycles. The first kappa shape index (κ1) is 13.2. The average Bonchev–Trinajstić information content (AvgIpc) is 2.76. The molecule has 0 spiro atoms. The van der Waals surface area contributed by atoms with E-state index in [1.54, 1.807) is 0 Å². The van der Waals surface area contributed by atoms with Crippen LogP contribution in [0.4, 0.5) is 0 Å². The van der Waals surface area contributed by atoms with Crippen LogP contribution in [0.15, 0.2) is 0 Å². The number of nitrogens with two attached hydrogens (primary N) is 1. The molecule has 2 heterocycles. The van der Waals surface area contributed by atoms with E-state index < -0.39 is 0 Å². The van der Waals surface area contributed by atoms with E-state index in [4.69, 9.17) is 10.5 Å². The van der Waals surface area contributed by atoms with Crippen LogP contribution in [0.5, 0.6) is 0 Å². The minimum atomic E-state index is 0.0710. The summed E-state index contributed by atoms with van der Waals surface area (Å²) in [4.78, 5) is 2.50. The molecular weight excluding hydrogens is 216 g/mol. The Hall–Kier alpha value is -0.200. The number of hydrogen-bond donors (Lipinski definition) is 2. The van der Waals surface area contributed by atoms with Gasteiger partial charge in [-0.05, 0) is 20.3 Å². The van der Waals surface area contributed by atoms with Gasteiger partial charge in [-0.3, -0.25) is 4.90 Å². The summed E-state index contributed by atoms with van der Waals surface area (Å²) >= 11 is 0. The molecule has 0 bridgehead atoms. The Kier molecular flexibility index (Phi) is 4.38. The molecule has 2 saturated heterocycles. The molecule has 0 aliphatic carbocycles. The summed E-state index contributed by atoms with van der Waals surface area (Å²) in [6.07, 6.45) is 1.14. The maximum Gasteiger partial charge on any atom is 0.0608 e. The predicted molar refractivity (Wildman–Crippen MR) is 68.6 cm³/mol. The van der Waals surface area contributed by atoms with Gasteiger partial charge in [0.25, 0.3) is 0 Å². The van der Waals surface area contributed by atoms with Crippen LogP contribution >= 0.6 is 0 Å². The van der Waals surface area contributed by atoms with Crippen LogP contribution in [-0.2, 0) is 4.74 Å². The van der Waals surface area contributed by atoms with E-state index >= 15 is 0 Å². The maximum absolute atomic E-state index is 6.00. The first-order valence-electron chi connectivity index (χ1n) is 6.70. The molecule has 1 atom stereocenters. The first-order chi connectivity index (χ1) is 8.15. The predicted octanol–water partition coefficient (Wildman–Crippen LogP) is -0.365. The van der Waals surface area contributed by atoms with Gasteiger partial charge >= 0.3 is 0 Å². The van der Waals surface area contributed by atoms with E-state index in [1.807, 2.05) is 0 Å². The van der Waals surface area contributed by atoms with Crippen LogP contribution in [0.3, 0.4) is 0 Å². The number of rotatable bonds is 4. The first-order valence-corrected chi connectivity index (χ1v) is 6.70. The molecule has 2 fully saturated rings. The van der Waals surface area contributed by atoms with Crippen molar-refractivity contribution in [3.05, 3.63) is 0 Å². The highest BCUT2D eigenvalue weighted by atomic mass is 16.5. The minimum absolute atomic E-state index is 0.0710.